The smallest absolute Gasteiger partial charge is 0.0372 e. The molecular formula is C17H26N2. The molecule has 0 radical (unpaired) electrons. The van der Waals surface area contributed by atoms with E-state index in [-0.39, 0.29) is 0 Å². The summed E-state index contributed by atoms with van der Waals surface area (Å²) in [5.74, 6) is 0.743. The van der Waals surface area contributed by atoms with Gasteiger partial charge in [0.2, 0.25) is 0 Å². The van der Waals surface area contributed by atoms with Crippen LogP contribution in [0.4, 0.5) is 5.69 Å². The second-order valence-corrected chi connectivity index (χ2v) is 6.49. The van der Waals surface area contributed by atoms with Crippen molar-refractivity contribution in [2.75, 3.05) is 25.0 Å². The Morgan fingerprint density at radius 1 is 1.32 bits per heavy atom. The fourth-order valence-electron chi connectivity index (χ4n) is 3.42. The van der Waals surface area contributed by atoms with Gasteiger partial charge in [-0.2, -0.15) is 0 Å². The Morgan fingerprint density at radius 2 is 2.16 bits per heavy atom. The SMILES string of the molecule is CCCC1(CNCC2CNc3ccccc3C2)CC1. The predicted octanol–water partition coefficient (Wildman–Crippen LogP) is 3.44. The molecule has 1 aliphatic heterocycles. The van der Waals surface area contributed by atoms with E-state index in [2.05, 4.69) is 41.8 Å². The van der Waals surface area contributed by atoms with E-state index in [4.69, 9.17) is 0 Å². The molecule has 2 N–H and O–H groups in total. The summed E-state index contributed by atoms with van der Waals surface area (Å²) in [5, 5.41) is 7.29. The molecule has 1 unspecified atom stereocenters. The summed E-state index contributed by atoms with van der Waals surface area (Å²) in [7, 11) is 0. The van der Waals surface area contributed by atoms with Gasteiger partial charge in [-0.3, -0.25) is 0 Å². The van der Waals surface area contributed by atoms with Gasteiger partial charge in [0.25, 0.3) is 0 Å². The van der Waals surface area contributed by atoms with Gasteiger partial charge in [-0.25, -0.2) is 0 Å². The van der Waals surface area contributed by atoms with Crippen LogP contribution in [0.5, 0.6) is 0 Å². The molecule has 1 fully saturated rings. The molecule has 0 spiro atoms. The monoisotopic (exact) mass is 258 g/mol. The third kappa shape index (κ3) is 3.11. The highest BCUT2D eigenvalue weighted by Gasteiger charge is 2.40. The molecule has 0 saturated heterocycles. The van der Waals surface area contributed by atoms with Crippen molar-refractivity contribution in [2.24, 2.45) is 11.3 Å². The standard InChI is InChI=1S/C17H26N2/c1-2-7-17(8-9-17)13-18-11-14-10-15-5-3-4-6-16(15)19-12-14/h3-6,14,18-19H,2,7-13H2,1H3. The van der Waals surface area contributed by atoms with E-state index in [1.165, 1.54) is 49.9 Å². The Labute approximate surface area is 117 Å². The molecule has 2 aliphatic rings. The summed E-state index contributed by atoms with van der Waals surface area (Å²) in [6, 6.07) is 8.72. The van der Waals surface area contributed by atoms with Crippen LogP contribution in [0.25, 0.3) is 0 Å². The van der Waals surface area contributed by atoms with Crippen LogP contribution in [-0.2, 0) is 6.42 Å². The minimum atomic E-state index is 0.675. The van der Waals surface area contributed by atoms with Crippen LogP contribution in [0.15, 0.2) is 24.3 Å². The predicted molar refractivity (Wildman–Crippen MR) is 81.6 cm³/mol. The lowest BCUT2D eigenvalue weighted by Gasteiger charge is -2.27. The molecule has 19 heavy (non-hydrogen) atoms. The molecule has 3 rings (SSSR count). The quantitative estimate of drug-likeness (QED) is 0.817. The summed E-state index contributed by atoms with van der Waals surface area (Å²) in [6.07, 6.45) is 6.85. The zero-order valence-electron chi connectivity index (χ0n) is 12.0. The second-order valence-electron chi connectivity index (χ2n) is 6.49. The first-order chi connectivity index (χ1) is 9.31. The molecule has 1 heterocycles. The molecule has 0 bridgehead atoms. The maximum absolute atomic E-state index is 3.73. The molecule has 1 atom stereocenters. The maximum atomic E-state index is 3.73. The Kier molecular flexibility index (Phi) is 3.79. The van der Waals surface area contributed by atoms with Crippen LogP contribution in [0, 0.1) is 11.3 Å². The fraction of sp³-hybridized carbons (Fsp3) is 0.647. The van der Waals surface area contributed by atoms with Gasteiger partial charge in [0, 0.05) is 18.8 Å². The van der Waals surface area contributed by atoms with Crippen molar-refractivity contribution in [1.82, 2.24) is 5.32 Å². The van der Waals surface area contributed by atoms with E-state index in [9.17, 15) is 0 Å². The van der Waals surface area contributed by atoms with Crippen LogP contribution >= 0.6 is 0 Å². The first kappa shape index (κ1) is 13.0. The molecule has 0 amide bonds. The van der Waals surface area contributed by atoms with Crippen molar-refractivity contribution in [3.63, 3.8) is 0 Å². The van der Waals surface area contributed by atoms with Crippen molar-refractivity contribution in [1.29, 1.82) is 0 Å². The van der Waals surface area contributed by atoms with Crippen LogP contribution in [0.1, 0.15) is 38.2 Å². The lowest BCUT2D eigenvalue weighted by atomic mass is 9.93. The minimum absolute atomic E-state index is 0.675. The summed E-state index contributed by atoms with van der Waals surface area (Å²) in [6.45, 7) is 5.82. The molecule has 2 heteroatoms. The van der Waals surface area contributed by atoms with Gasteiger partial charge in [0.1, 0.15) is 0 Å². The average molecular weight is 258 g/mol. The first-order valence-electron chi connectivity index (χ1n) is 7.84. The van der Waals surface area contributed by atoms with Crippen molar-refractivity contribution >= 4 is 5.69 Å². The first-order valence-corrected chi connectivity index (χ1v) is 7.84. The number of rotatable bonds is 6. The number of benzene rings is 1. The van der Waals surface area contributed by atoms with Gasteiger partial charge >= 0.3 is 0 Å². The maximum Gasteiger partial charge on any atom is 0.0372 e. The zero-order chi connectivity index (χ0) is 13.1. The molecule has 104 valence electrons. The van der Waals surface area contributed by atoms with Crippen LogP contribution in [0.2, 0.25) is 0 Å². The third-order valence-corrected chi connectivity index (χ3v) is 4.78. The number of anilines is 1. The third-order valence-electron chi connectivity index (χ3n) is 4.78. The molecule has 2 nitrogen and oxygen atoms in total. The molecule has 1 saturated carbocycles. The fourth-order valence-corrected chi connectivity index (χ4v) is 3.42. The van der Waals surface area contributed by atoms with Gasteiger partial charge in [-0.1, -0.05) is 31.5 Å². The largest absolute Gasteiger partial charge is 0.384 e. The van der Waals surface area contributed by atoms with Gasteiger partial charge in [0.05, 0.1) is 0 Å². The Bertz CT molecular complexity index is 423. The van der Waals surface area contributed by atoms with Crippen molar-refractivity contribution < 1.29 is 0 Å². The summed E-state index contributed by atoms with van der Waals surface area (Å²) < 4.78 is 0. The average Bonchev–Trinajstić information content (AvgIpc) is 3.19. The van der Waals surface area contributed by atoms with E-state index in [1.54, 1.807) is 0 Å². The second kappa shape index (κ2) is 5.54. The summed E-state index contributed by atoms with van der Waals surface area (Å²) in [5.41, 5.74) is 3.49. The van der Waals surface area contributed by atoms with Crippen LogP contribution in [0.3, 0.4) is 0 Å². The highest BCUT2D eigenvalue weighted by atomic mass is 14.9. The molecule has 1 aromatic carbocycles. The van der Waals surface area contributed by atoms with E-state index in [0.717, 1.165) is 19.0 Å². The van der Waals surface area contributed by atoms with E-state index in [1.807, 2.05) is 0 Å². The van der Waals surface area contributed by atoms with E-state index in [0.29, 0.717) is 5.41 Å². The highest BCUT2D eigenvalue weighted by Crippen LogP contribution is 2.48. The van der Waals surface area contributed by atoms with Gasteiger partial charge < -0.3 is 10.6 Å². The summed E-state index contributed by atoms with van der Waals surface area (Å²) in [4.78, 5) is 0. The van der Waals surface area contributed by atoms with Crippen LogP contribution in [-0.4, -0.2) is 19.6 Å². The number of fused-ring (bicyclic) bond motifs is 1. The van der Waals surface area contributed by atoms with Gasteiger partial charge in [-0.15, -0.1) is 0 Å². The summed E-state index contributed by atoms with van der Waals surface area (Å²) >= 11 is 0. The molecule has 1 aromatic rings. The Balaban J connectivity index is 1.45. The molecular weight excluding hydrogens is 232 g/mol. The number of nitrogens with one attached hydrogen (secondary N) is 2. The lowest BCUT2D eigenvalue weighted by molar-refractivity contribution is 0.391. The lowest BCUT2D eigenvalue weighted by Crippen LogP contribution is -2.35. The Hall–Kier alpha value is -1.02. The van der Waals surface area contributed by atoms with Gasteiger partial charge in [-0.05, 0) is 55.2 Å². The van der Waals surface area contributed by atoms with Gasteiger partial charge in [0.15, 0.2) is 0 Å². The van der Waals surface area contributed by atoms with Crippen molar-refractivity contribution in [2.45, 2.75) is 39.0 Å². The minimum Gasteiger partial charge on any atom is -0.384 e. The molecule has 0 aromatic heterocycles. The van der Waals surface area contributed by atoms with Crippen molar-refractivity contribution in [3.8, 4) is 0 Å². The number of hydrogen-bond donors (Lipinski definition) is 2. The van der Waals surface area contributed by atoms with Crippen LogP contribution < -0.4 is 10.6 Å². The normalized spacial score (nSPS) is 23.5. The number of para-hydroxylation sites is 1. The Morgan fingerprint density at radius 3 is 2.95 bits per heavy atom. The zero-order valence-corrected chi connectivity index (χ0v) is 12.0. The highest BCUT2D eigenvalue weighted by molar-refractivity contribution is 5.53. The number of hydrogen-bond acceptors (Lipinski definition) is 2. The van der Waals surface area contributed by atoms with E-state index >= 15 is 0 Å². The topological polar surface area (TPSA) is 24.1 Å². The van der Waals surface area contributed by atoms with Crippen molar-refractivity contribution in [3.05, 3.63) is 29.8 Å². The van der Waals surface area contributed by atoms with E-state index < -0.39 is 0 Å². The molecule has 1 aliphatic carbocycles.